The molecule has 0 heterocycles. The van der Waals surface area contributed by atoms with Crippen LogP contribution in [-0.2, 0) is 4.79 Å². The second kappa shape index (κ2) is 8.02. The molecule has 3 heteroatoms. The maximum absolute atomic E-state index is 11.0. The zero-order valence-electron chi connectivity index (χ0n) is 14.3. The van der Waals surface area contributed by atoms with Crippen molar-refractivity contribution < 1.29 is 15.0 Å². The third-order valence-corrected chi connectivity index (χ3v) is 5.01. The van der Waals surface area contributed by atoms with E-state index in [0.717, 1.165) is 42.2 Å². The summed E-state index contributed by atoms with van der Waals surface area (Å²) in [7, 11) is 0. The third-order valence-electron chi connectivity index (χ3n) is 5.01. The smallest absolute Gasteiger partial charge is 0.120 e. The molecule has 0 radical (unpaired) electrons. The molecule has 0 bridgehead atoms. The molecule has 0 amide bonds. The molecular weight excluding hydrogens is 312 g/mol. The lowest BCUT2D eigenvalue weighted by molar-refractivity contribution is -0.107. The van der Waals surface area contributed by atoms with Crippen LogP contribution in [0.3, 0.4) is 0 Å². The van der Waals surface area contributed by atoms with E-state index in [2.05, 4.69) is 0 Å². The van der Waals surface area contributed by atoms with Crippen LogP contribution in [0.5, 0.6) is 11.5 Å². The van der Waals surface area contributed by atoms with Crippen LogP contribution in [0.4, 0.5) is 0 Å². The summed E-state index contributed by atoms with van der Waals surface area (Å²) in [5, 5.41) is 19.3. The molecule has 3 rings (SSSR count). The molecule has 130 valence electrons. The quantitative estimate of drug-likeness (QED) is 0.724. The molecule has 0 unspecified atom stereocenters. The number of rotatable bonds is 6. The maximum Gasteiger partial charge on any atom is 0.120 e. The summed E-state index contributed by atoms with van der Waals surface area (Å²) in [6.45, 7) is 0. The Balaban J connectivity index is 2.15. The highest BCUT2D eigenvalue weighted by Gasteiger charge is 2.23. The number of phenols is 2. The molecule has 0 spiro atoms. The van der Waals surface area contributed by atoms with Gasteiger partial charge in [-0.1, -0.05) is 42.7 Å². The molecule has 3 nitrogen and oxygen atoms in total. The van der Waals surface area contributed by atoms with Crippen LogP contribution in [0.2, 0.25) is 0 Å². The lowest BCUT2D eigenvalue weighted by atomic mass is 9.83. The normalized spacial score (nSPS) is 14.4. The number of hydrogen-bond acceptors (Lipinski definition) is 3. The van der Waals surface area contributed by atoms with Crippen molar-refractivity contribution >= 4 is 11.9 Å². The largest absolute Gasteiger partial charge is 0.508 e. The van der Waals surface area contributed by atoms with Crippen molar-refractivity contribution in [3.8, 4) is 11.5 Å². The van der Waals surface area contributed by atoms with Crippen LogP contribution in [0.25, 0.3) is 5.57 Å². The number of aldehydes is 1. The topological polar surface area (TPSA) is 57.5 Å². The summed E-state index contributed by atoms with van der Waals surface area (Å²) in [4.78, 5) is 11.0. The van der Waals surface area contributed by atoms with Gasteiger partial charge in [0.05, 0.1) is 0 Å². The van der Waals surface area contributed by atoms with E-state index in [1.165, 1.54) is 18.4 Å². The zero-order chi connectivity index (χ0) is 17.6. The van der Waals surface area contributed by atoms with Crippen molar-refractivity contribution in [1.29, 1.82) is 0 Å². The number of hydrogen-bond donors (Lipinski definition) is 2. The molecule has 1 fully saturated rings. The lowest BCUT2D eigenvalue weighted by Gasteiger charge is -2.21. The average molecular weight is 336 g/mol. The molecule has 1 aliphatic rings. The van der Waals surface area contributed by atoms with Gasteiger partial charge in [0.1, 0.15) is 17.8 Å². The van der Waals surface area contributed by atoms with Crippen molar-refractivity contribution in [2.75, 3.05) is 0 Å². The van der Waals surface area contributed by atoms with Crippen LogP contribution >= 0.6 is 0 Å². The monoisotopic (exact) mass is 336 g/mol. The van der Waals surface area contributed by atoms with Gasteiger partial charge in [0.25, 0.3) is 0 Å². The Morgan fingerprint density at radius 1 is 0.880 bits per heavy atom. The van der Waals surface area contributed by atoms with E-state index in [1.54, 1.807) is 24.3 Å². The van der Waals surface area contributed by atoms with Crippen LogP contribution in [0.15, 0.2) is 54.1 Å². The number of benzene rings is 2. The number of allylic oxidation sites excluding steroid dienone is 1. The molecule has 25 heavy (non-hydrogen) atoms. The summed E-state index contributed by atoms with van der Waals surface area (Å²) < 4.78 is 0. The van der Waals surface area contributed by atoms with E-state index >= 15 is 0 Å². The molecule has 1 aliphatic carbocycles. The first-order chi connectivity index (χ1) is 12.2. The Morgan fingerprint density at radius 3 is 1.80 bits per heavy atom. The molecule has 2 aromatic carbocycles. The van der Waals surface area contributed by atoms with E-state index in [-0.39, 0.29) is 11.5 Å². The number of carbonyl (C=O) groups is 1. The van der Waals surface area contributed by atoms with Crippen LogP contribution in [0, 0.1) is 5.92 Å². The predicted molar refractivity (Wildman–Crippen MR) is 99.5 cm³/mol. The third kappa shape index (κ3) is 4.11. The van der Waals surface area contributed by atoms with Gasteiger partial charge in [0.2, 0.25) is 0 Å². The first-order valence-corrected chi connectivity index (χ1v) is 8.94. The summed E-state index contributed by atoms with van der Waals surface area (Å²) >= 11 is 0. The Labute approximate surface area is 148 Å². The Hall–Kier alpha value is -2.55. The number of phenolic OH excluding ortho intramolecular Hbond substituents is 2. The SMILES string of the molecule is O=CCCC(=C(c1ccc(O)cc1)c1ccc(O)cc1)C1CCCC1. The van der Waals surface area contributed by atoms with Crippen LogP contribution in [-0.4, -0.2) is 16.5 Å². The van der Waals surface area contributed by atoms with Gasteiger partial charge in [-0.15, -0.1) is 0 Å². The number of aromatic hydroxyl groups is 2. The predicted octanol–water partition coefficient (Wildman–Crippen LogP) is 5.07. The van der Waals surface area contributed by atoms with E-state index in [0.29, 0.717) is 12.3 Å². The second-order valence-electron chi connectivity index (χ2n) is 6.68. The van der Waals surface area contributed by atoms with E-state index in [9.17, 15) is 15.0 Å². The van der Waals surface area contributed by atoms with Gasteiger partial charge in [0.15, 0.2) is 0 Å². The van der Waals surface area contributed by atoms with Gasteiger partial charge < -0.3 is 15.0 Å². The van der Waals surface area contributed by atoms with Crippen molar-refractivity contribution in [1.82, 2.24) is 0 Å². The van der Waals surface area contributed by atoms with Crippen molar-refractivity contribution in [2.24, 2.45) is 5.92 Å². The highest BCUT2D eigenvalue weighted by atomic mass is 16.3. The fraction of sp³-hybridized carbons (Fsp3) is 0.318. The van der Waals surface area contributed by atoms with Crippen molar-refractivity contribution in [3.63, 3.8) is 0 Å². The Kier molecular flexibility index (Phi) is 5.54. The van der Waals surface area contributed by atoms with Crippen LogP contribution < -0.4 is 0 Å². The van der Waals surface area contributed by atoms with Gasteiger partial charge >= 0.3 is 0 Å². The van der Waals surface area contributed by atoms with Crippen molar-refractivity contribution in [2.45, 2.75) is 38.5 Å². The maximum atomic E-state index is 11.0. The molecule has 0 saturated heterocycles. The highest BCUT2D eigenvalue weighted by molar-refractivity contribution is 5.83. The lowest BCUT2D eigenvalue weighted by Crippen LogP contribution is -2.05. The van der Waals surface area contributed by atoms with E-state index in [4.69, 9.17) is 0 Å². The summed E-state index contributed by atoms with van der Waals surface area (Å²) in [6, 6.07) is 14.5. The van der Waals surface area contributed by atoms with Gasteiger partial charge in [-0.05, 0) is 66.1 Å². The molecule has 0 aromatic heterocycles. The fourth-order valence-electron chi connectivity index (χ4n) is 3.82. The highest BCUT2D eigenvalue weighted by Crippen LogP contribution is 2.40. The Bertz CT molecular complexity index is 688. The molecular formula is C22H24O3. The molecule has 0 atom stereocenters. The summed E-state index contributed by atoms with van der Waals surface area (Å²) in [6.07, 6.45) is 7.04. The minimum atomic E-state index is 0.240. The fourth-order valence-corrected chi connectivity index (χ4v) is 3.82. The zero-order valence-corrected chi connectivity index (χ0v) is 14.3. The summed E-state index contributed by atoms with van der Waals surface area (Å²) in [5.74, 6) is 0.978. The Morgan fingerprint density at radius 2 is 1.36 bits per heavy atom. The van der Waals surface area contributed by atoms with Gasteiger partial charge in [-0.3, -0.25) is 0 Å². The van der Waals surface area contributed by atoms with Gasteiger partial charge in [-0.2, -0.15) is 0 Å². The van der Waals surface area contributed by atoms with Gasteiger partial charge in [-0.25, -0.2) is 0 Å². The van der Waals surface area contributed by atoms with E-state index < -0.39 is 0 Å². The minimum absolute atomic E-state index is 0.240. The first kappa shape index (κ1) is 17.3. The molecule has 0 aliphatic heterocycles. The van der Waals surface area contributed by atoms with Crippen molar-refractivity contribution in [3.05, 3.63) is 65.2 Å². The average Bonchev–Trinajstić information content (AvgIpc) is 3.15. The van der Waals surface area contributed by atoms with Crippen LogP contribution in [0.1, 0.15) is 49.7 Å². The van der Waals surface area contributed by atoms with E-state index in [1.807, 2.05) is 24.3 Å². The molecule has 1 saturated carbocycles. The van der Waals surface area contributed by atoms with Gasteiger partial charge in [0, 0.05) is 6.42 Å². The first-order valence-electron chi connectivity index (χ1n) is 8.94. The summed E-state index contributed by atoms with van der Waals surface area (Å²) in [5.41, 5.74) is 4.53. The molecule has 2 N–H and O–H groups in total. The second-order valence-corrected chi connectivity index (χ2v) is 6.68. The minimum Gasteiger partial charge on any atom is -0.508 e. The number of carbonyl (C=O) groups excluding carboxylic acids is 1. The molecule has 2 aromatic rings. The standard InChI is InChI=1S/C22H24O3/c23-15-3-6-21(16-4-1-2-5-16)22(17-7-11-19(24)12-8-17)18-9-13-20(25)14-10-18/h7-16,24-25H,1-6H2.